The minimum atomic E-state index is 0.490. The van der Waals surface area contributed by atoms with Crippen LogP contribution in [0.2, 0.25) is 0 Å². The Morgan fingerprint density at radius 1 is 1.08 bits per heavy atom. The van der Waals surface area contributed by atoms with E-state index < -0.39 is 0 Å². The molecule has 1 atom stereocenters. The lowest BCUT2D eigenvalue weighted by Crippen LogP contribution is -2.24. The maximum absolute atomic E-state index is 4.37. The number of pyridine rings is 1. The van der Waals surface area contributed by atoms with Gasteiger partial charge in [-0.15, -0.1) is 0 Å². The second kappa shape index (κ2) is 7.03. The highest BCUT2D eigenvalue weighted by Crippen LogP contribution is 2.23. The van der Waals surface area contributed by atoms with Crippen LogP contribution < -0.4 is 10.6 Å². The molecule has 0 radical (unpaired) electrons. The number of fused-ring (bicyclic) bond motifs is 1. The zero-order valence-corrected chi connectivity index (χ0v) is 14.3. The van der Waals surface area contributed by atoms with Crippen LogP contribution in [0, 0.1) is 0 Å². The number of rotatable bonds is 5. The van der Waals surface area contributed by atoms with Gasteiger partial charge in [-0.05, 0) is 43.8 Å². The number of benzene rings is 1. The zero-order chi connectivity index (χ0) is 17.1. The molecule has 1 aliphatic heterocycles. The van der Waals surface area contributed by atoms with Crippen LogP contribution in [0.1, 0.15) is 12.0 Å². The lowest BCUT2D eigenvalue weighted by atomic mass is 10.2. The average Bonchev–Trinajstić information content (AvgIpc) is 3.05. The lowest BCUT2D eigenvalue weighted by Gasteiger charge is -2.18. The number of nitrogens with zero attached hydrogens (tertiary/aromatic N) is 4. The highest BCUT2D eigenvalue weighted by atomic mass is 15.2. The minimum absolute atomic E-state index is 0.490. The van der Waals surface area contributed by atoms with Crippen LogP contribution in [-0.4, -0.2) is 46.0 Å². The SMILES string of the molecule is CN1CC[C@@H](Nc2ccncc2NCc2ccc3nccnc3c2)C1. The number of likely N-dealkylation sites (tertiary alicyclic amines) is 1. The fourth-order valence-electron chi connectivity index (χ4n) is 3.25. The van der Waals surface area contributed by atoms with Gasteiger partial charge < -0.3 is 15.5 Å². The van der Waals surface area contributed by atoms with Crippen LogP contribution in [0.3, 0.4) is 0 Å². The third-order valence-electron chi connectivity index (χ3n) is 4.59. The Morgan fingerprint density at radius 2 is 1.96 bits per heavy atom. The van der Waals surface area contributed by atoms with Crippen LogP contribution >= 0.6 is 0 Å². The molecule has 0 amide bonds. The highest BCUT2D eigenvalue weighted by Gasteiger charge is 2.19. The summed E-state index contributed by atoms with van der Waals surface area (Å²) in [6.07, 6.45) is 8.32. The molecule has 25 heavy (non-hydrogen) atoms. The van der Waals surface area contributed by atoms with Gasteiger partial charge in [0.15, 0.2) is 0 Å². The minimum Gasteiger partial charge on any atom is -0.379 e. The van der Waals surface area contributed by atoms with Gasteiger partial charge in [0, 0.05) is 37.7 Å². The zero-order valence-electron chi connectivity index (χ0n) is 14.3. The average molecular weight is 334 g/mol. The standard InChI is InChI=1S/C19H22N6/c1-25-9-5-15(13-25)24-17-4-6-20-12-19(17)23-11-14-2-3-16-18(10-14)22-8-7-21-16/h2-4,6-8,10,12,15,23H,5,9,11,13H2,1H3,(H,20,24)/t15-/m1/s1. The summed E-state index contributed by atoms with van der Waals surface area (Å²) in [6, 6.07) is 8.69. The molecular formula is C19H22N6. The number of aromatic nitrogens is 3. The summed E-state index contributed by atoms with van der Waals surface area (Å²) in [5.41, 5.74) is 5.14. The molecule has 0 saturated carbocycles. The molecule has 6 heteroatoms. The van der Waals surface area contributed by atoms with E-state index in [2.05, 4.69) is 49.7 Å². The van der Waals surface area contributed by atoms with E-state index in [1.165, 1.54) is 12.0 Å². The van der Waals surface area contributed by atoms with Gasteiger partial charge in [0.05, 0.1) is 28.6 Å². The van der Waals surface area contributed by atoms with E-state index >= 15 is 0 Å². The second-order valence-electron chi connectivity index (χ2n) is 6.55. The van der Waals surface area contributed by atoms with Gasteiger partial charge in [-0.3, -0.25) is 15.0 Å². The fourth-order valence-corrected chi connectivity index (χ4v) is 3.25. The van der Waals surface area contributed by atoms with Crippen molar-refractivity contribution < 1.29 is 0 Å². The van der Waals surface area contributed by atoms with Crippen LogP contribution in [0.25, 0.3) is 11.0 Å². The van der Waals surface area contributed by atoms with E-state index in [-0.39, 0.29) is 0 Å². The Morgan fingerprint density at radius 3 is 2.80 bits per heavy atom. The summed E-state index contributed by atoms with van der Waals surface area (Å²) in [4.78, 5) is 15.3. The molecule has 2 aromatic heterocycles. The molecule has 4 rings (SSSR count). The summed E-state index contributed by atoms with van der Waals surface area (Å²) in [6.45, 7) is 2.94. The number of likely N-dealkylation sites (N-methyl/N-ethyl adjacent to an activating group) is 1. The Bertz CT molecular complexity index is 865. The van der Waals surface area contributed by atoms with Crippen molar-refractivity contribution in [2.24, 2.45) is 0 Å². The second-order valence-corrected chi connectivity index (χ2v) is 6.55. The van der Waals surface area contributed by atoms with E-state index in [1.807, 2.05) is 24.5 Å². The van der Waals surface area contributed by atoms with E-state index in [9.17, 15) is 0 Å². The smallest absolute Gasteiger partial charge is 0.0890 e. The Kier molecular flexibility index (Phi) is 4.43. The van der Waals surface area contributed by atoms with Gasteiger partial charge in [-0.2, -0.15) is 0 Å². The quantitative estimate of drug-likeness (QED) is 0.748. The molecule has 0 bridgehead atoms. The largest absolute Gasteiger partial charge is 0.379 e. The Hall–Kier alpha value is -2.73. The fraction of sp³-hybridized carbons (Fsp3) is 0.316. The van der Waals surface area contributed by atoms with E-state index in [0.717, 1.165) is 42.0 Å². The normalized spacial score (nSPS) is 17.7. The topological polar surface area (TPSA) is 66.0 Å². The first-order chi connectivity index (χ1) is 12.3. The van der Waals surface area contributed by atoms with Crippen molar-refractivity contribution in [1.29, 1.82) is 0 Å². The molecule has 128 valence electrons. The van der Waals surface area contributed by atoms with Gasteiger partial charge in [0.25, 0.3) is 0 Å². The molecule has 2 N–H and O–H groups in total. The summed E-state index contributed by atoms with van der Waals surface area (Å²) in [5, 5.41) is 7.13. The van der Waals surface area contributed by atoms with Crippen molar-refractivity contribution in [1.82, 2.24) is 19.9 Å². The number of anilines is 2. The molecular weight excluding hydrogens is 312 g/mol. The van der Waals surface area contributed by atoms with Crippen molar-refractivity contribution >= 4 is 22.4 Å². The molecule has 1 aliphatic rings. The molecule has 3 heterocycles. The van der Waals surface area contributed by atoms with Gasteiger partial charge in [0.1, 0.15) is 0 Å². The third kappa shape index (κ3) is 3.69. The Balaban J connectivity index is 1.46. The maximum Gasteiger partial charge on any atom is 0.0890 e. The molecule has 0 spiro atoms. The summed E-state index contributed by atoms with van der Waals surface area (Å²) in [5.74, 6) is 0. The summed E-state index contributed by atoms with van der Waals surface area (Å²) >= 11 is 0. The van der Waals surface area contributed by atoms with Crippen LogP contribution in [0.15, 0.2) is 49.1 Å². The first-order valence-electron chi connectivity index (χ1n) is 8.60. The molecule has 0 unspecified atom stereocenters. The lowest BCUT2D eigenvalue weighted by molar-refractivity contribution is 0.414. The predicted octanol–water partition coefficient (Wildman–Crippen LogP) is 2.75. The van der Waals surface area contributed by atoms with Crippen molar-refractivity contribution in [3.05, 3.63) is 54.6 Å². The Labute approximate surface area is 147 Å². The van der Waals surface area contributed by atoms with Crippen molar-refractivity contribution in [3.8, 4) is 0 Å². The number of hydrogen-bond donors (Lipinski definition) is 2. The van der Waals surface area contributed by atoms with Crippen LogP contribution in [0.4, 0.5) is 11.4 Å². The van der Waals surface area contributed by atoms with E-state index in [1.54, 1.807) is 12.4 Å². The number of nitrogens with one attached hydrogen (secondary N) is 2. The van der Waals surface area contributed by atoms with E-state index in [0.29, 0.717) is 6.04 Å². The van der Waals surface area contributed by atoms with Gasteiger partial charge in [-0.1, -0.05) is 6.07 Å². The molecule has 1 fully saturated rings. The molecule has 1 saturated heterocycles. The van der Waals surface area contributed by atoms with Gasteiger partial charge in [0.2, 0.25) is 0 Å². The maximum atomic E-state index is 4.37. The molecule has 0 aliphatic carbocycles. The van der Waals surface area contributed by atoms with Crippen LogP contribution in [0.5, 0.6) is 0 Å². The van der Waals surface area contributed by atoms with Gasteiger partial charge >= 0.3 is 0 Å². The highest BCUT2D eigenvalue weighted by molar-refractivity contribution is 5.74. The third-order valence-corrected chi connectivity index (χ3v) is 4.59. The summed E-state index contributed by atoms with van der Waals surface area (Å²) in [7, 11) is 2.16. The first-order valence-corrected chi connectivity index (χ1v) is 8.60. The molecule has 3 aromatic rings. The van der Waals surface area contributed by atoms with Crippen molar-refractivity contribution in [2.45, 2.75) is 19.0 Å². The molecule has 1 aromatic carbocycles. The van der Waals surface area contributed by atoms with E-state index in [4.69, 9.17) is 0 Å². The van der Waals surface area contributed by atoms with Gasteiger partial charge in [-0.25, -0.2) is 0 Å². The summed E-state index contributed by atoms with van der Waals surface area (Å²) < 4.78 is 0. The number of hydrogen-bond acceptors (Lipinski definition) is 6. The van der Waals surface area contributed by atoms with Crippen LogP contribution in [-0.2, 0) is 6.54 Å². The van der Waals surface area contributed by atoms with Crippen molar-refractivity contribution in [2.75, 3.05) is 30.8 Å². The predicted molar refractivity (Wildman–Crippen MR) is 101 cm³/mol. The molecule has 6 nitrogen and oxygen atoms in total. The van der Waals surface area contributed by atoms with Crippen molar-refractivity contribution in [3.63, 3.8) is 0 Å². The monoisotopic (exact) mass is 334 g/mol. The first kappa shape index (κ1) is 15.8.